The van der Waals surface area contributed by atoms with Crippen LogP contribution < -0.4 is 0 Å². The first kappa shape index (κ1) is 33.9. The third kappa shape index (κ3) is 5.53. The predicted octanol–water partition coefficient (Wildman–Crippen LogP) is 4.79. The molecule has 1 heterocycles. The molecule has 2 saturated carbocycles. The van der Waals surface area contributed by atoms with Gasteiger partial charge in [-0.05, 0) is 65.0 Å². The van der Waals surface area contributed by atoms with E-state index in [-0.39, 0.29) is 19.3 Å². The fourth-order valence-electron chi connectivity index (χ4n) is 7.46. The molecule has 244 valence electrons. The number of fused-ring (bicyclic) bond motifs is 1. The second-order valence-electron chi connectivity index (χ2n) is 13.6. The van der Waals surface area contributed by atoms with Gasteiger partial charge in [0.05, 0.1) is 28.6 Å². The standard InChI is InChI=1S/C34H48O10/c1-9-20(3)28(36)41-25-16-17-32(8,39)34-27(43-29(37)21(4)10-2)24(31(6,7)44-34)18-26(33(25,34)19-40-22(5)35)42-30(38)23-14-12-11-13-15-23/h11-15,20-21,24-27,39H,9-10,16-19H2,1-8H3/t20?,21?,24-,25+,26-,27-,32+,33+,34+/m1/s1. The van der Waals surface area contributed by atoms with E-state index in [4.69, 9.17) is 23.7 Å². The van der Waals surface area contributed by atoms with Gasteiger partial charge >= 0.3 is 23.9 Å². The van der Waals surface area contributed by atoms with E-state index >= 15 is 0 Å². The predicted molar refractivity (Wildman–Crippen MR) is 159 cm³/mol. The summed E-state index contributed by atoms with van der Waals surface area (Å²) >= 11 is 0. The van der Waals surface area contributed by atoms with Gasteiger partial charge in [0.1, 0.15) is 30.3 Å². The van der Waals surface area contributed by atoms with E-state index < -0.39 is 88.8 Å². The van der Waals surface area contributed by atoms with Gasteiger partial charge in [-0.2, -0.15) is 0 Å². The largest absolute Gasteiger partial charge is 0.465 e. The molecule has 0 radical (unpaired) electrons. The van der Waals surface area contributed by atoms with E-state index in [2.05, 4.69) is 0 Å². The molecule has 0 aromatic heterocycles. The molecule has 3 aliphatic rings. The zero-order valence-corrected chi connectivity index (χ0v) is 27.2. The Balaban J connectivity index is 1.98. The summed E-state index contributed by atoms with van der Waals surface area (Å²) in [4.78, 5) is 53.0. The lowest BCUT2D eigenvalue weighted by atomic mass is 9.47. The smallest absolute Gasteiger partial charge is 0.338 e. The molecule has 10 heteroatoms. The van der Waals surface area contributed by atoms with E-state index in [1.165, 1.54) is 6.92 Å². The molecule has 0 amide bonds. The zero-order valence-electron chi connectivity index (χ0n) is 27.2. The first-order chi connectivity index (χ1) is 20.6. The van der Waals surface area contributed by atoms with Gasteiger partial charge < -0.3 is 28.8 Å². The van der Waals surface area contributed by atoms with Crippen LogP contribution in [0.3, 0.4) is 0 Å². The Bertz CT molecular complexity index is 1240. The average Bonchev–Trinajstić information content (AvgIpc) is 3.15. The summed E-state index contributed by atoms with van der Waals surface area (Å²) in [5.74, 6) is -3.58. The molecular weight excluding hydrogens is 568 g/mol. The Kier molecular flexibility index (Phi) is 9.58. The van der Waals surface area contributed by atoms with Gasteiger partial charge in [0.2, 0.25) is 0 Å². The van der Waals surface area contributed by atoms with Gasteiger partial charge in [0.15, 0.2) is 5.60 Å². The highest BCUT2D eigenvalue weighted by Gasteiger charge is 2.84. The van der Waals surface area contributed by atoms with E-state index in [1.54, 1.807) is 51.1 Å². The first-order valence-electron chi connectivity index (χ1n) is 15.8. The molecule has 44 heavy (non-hydrogen) atoms. The summed E-state index contributed by atoms with van der Waals surface area (Å²) in [5.41, 5.74) is -5.79. The van der Waals surface area contributed by atoms with Crippen LogP contribution in [-0.2, 0) is 38.1 Å². The van der Waals surface area contributed by atoms with E-state index in [0.29, 0.717) is 18.4 Å². The molecule has 2 aliphatic carbocycles. The van der Waals surface area contributed by atoms with Crippen molar-refractivity contribution in [2.45, 2.75) is 123 Å². The molecule has 3 fully saturated rings. The SMILES string of the molecule is CCC(C)C(=O)O[C@H]1CC[C@](C)(O)[C@]23OC(C)(C)[C@H](C[C@@H](OC(=O)c4ccccc4)[C@]12COC(C)=O)[C@H]3OC(=O)C(C)CC. The van der Waals surface area contributed by atoms with Crippen LogP contribution in [0.4, 0.5) is 0 Å². The molecule has 10 nitrogen and oxygen atoms in total. The molecule has 2 bridgehead atoms. The van der Waals surface area contributed by atoms with Crippen molar-refractivity contribution in [1.82, 2.24) is 0 Å². The third-order valence-corrected chi connectivity index (χ3v) is 10.4. The number of hydrogen-bond donors (Lipinski definition) is 1. The van der Waals surface area contributed by atoms with Crippen LogP contribution in [-0.4, -0.2) is 70.7 Å². The minimum atomic E-state index is -1.79. The number of hydrogen-bond acceptors (Lipinski definition) is 10. The van der Waals surface area contributed by atoms with Crippen molar-refractivity contribution in [3.8, 4) is 0 Å². The Hall–Kier alpha value is -2.98. The fraction of sp³-hybridized carbons (Fsp3) is 0.706. The lowest BCUT2D eigenvalue weighted by molar-refractivity contribution is -0.341. The van der Waals surface area contributed by atoms with Crippen LogP contribution in [0, 0.1) is 23.2 Å². The lowest BCUT2D eigenvalue weighted by Crippen LogP contribution is -2.81. The van der Waals surface area contributed by atoms with Crippen LogP contribution >= 0.6 is 0 Å². The van der Waals surface area contributed by atoms with Gasteiger partial charge in [0, 0.05) is 12.8 Å². The van der Waals surface area contributed by atoms with Crippen molar-refractivity contribution in [1.29, 1.82) is 0 Å². The fourth-order valence-corrected chi connectivity index (χ4v) is 7.46. The zero-order chi connectivity index (χ0) is 32.7. The summed E-state index contributed by atoms with van der Waals surface area (Å²) in [6.07, 6.45) is -1.61. The number of ether oxygens (including phenoxy) is 5. The van der Waals surface area contributed by atoms with Gasteiger partial charge in [-0.15, -0.1) is 0 Å². The van der Waals surface area contributed by atoms with E-state index in [0.717, 1.165) is 0 Å². The van der Waals surface area contributed by atoms with Gasteiger partial charge in [-0.25, -0.2) is 4.79 Å². The molecule has 1 spiro atoms. The Labute approximate surface area is 260 Å². The van der Waals surface area contributed by atoms with Crippen LogP contribution in [0.5, 0.6) is 0 Å². The molecule has 4 rings (SSSR count). The minimum Gasteiger partial charge on any atom is -0.465 e. The highest BCUT2D eigenvalue weighted by atomic mass is 16.6. The lowest BCUT2D eigenvalue weighted by Gasteiger charge is -2.64. The van der Waals surface area contributed by atoms with Crippen molar-refractivity contribution < 1.29 is 48.0 Å². The van der Waals surface area contributed by atoms with Crippen molar-refractivity contribution in [2.75, 3.05) is 6.61 Å². The number of carbonyl (C=O) groups is 4. The number of aliphatic hydroxyl groups is 1. The van der Waals surface area contributed by atoms with Crippen LogP contribution in [0.15, 0.2) is 30.3 Å². The topological polar surface area (TPSA) is 135 Å². The first-order valence-corrected chi connectivity index (χ1v) is 15.8. The summed E-state index contributed by atoms with van der Waals surface area (Å²) < 4.78 is 31.6. The number of rotatable bonds is 10. The molecule has 1 N–H and O–H groups in total. The van der Waals surface area contributed by atoms with Gasteiger partial charge in [-0.3, -0.25) is 14.4 Å². The number of benzene rings is 1. The van der Waals surface area contributed by atoms with Gasteiger partial charge in [0.25, 0.3) is 0 Å². The van der Waals surface area contributed by atoms with Crippen LogP contribution in [0.2, 0.25) is 0 Å². The highest BCUT2D eigenvalue weighted by molar-refractivity contribution is 5.89. The normalized spacial score (nSPS) is 35.0. The Morgan fingerprint density at radius 1 is 0.932 bits per heavy atom. The Morgan fingerprint density at radius 3 is 2.09 bits per heavy atom. The summed E-state index contributed by atoms with van der Waals surface area (Å²) in [6.45, 7) is 13.4. The monoisotopic (exact) mass is 616 g/mol. The molecule has 1 aromatic rings. The second kappa shape index (κ2) is 12.4. The number of esters is 4. The third-order valence-electron chi connectivity index (χ3n) is 10.4. The number of carbonyl (C=O) groups excluding carboxylic acids is 4. The van der Waals surface area contributed by atoms with E-state index in [1.807, 2.05) is 27.7 Å². The second-order valence-corrected chi connectivity index (χ2v) is 13.6. The summed E-state index contributed by atoms with van der Waals surface area (Å²) in [6, 6.07) is 8.47. The molecule has 1 saturated heterocycles. The van der Waals surface area contributed by atoms with Crippen molar-refractivity contribution in [2.24, 2.45) is 23.2 Å². The average molecular weight is 617 g/mol. The maximum atomic E-state index is 13.7. The maximum Gasteiger partial charge on any atom is 0.338 e. The summed E-state index contributed by atoms with van der Waals surface area (Å²) in [7, 11) is 0. The summed E-state index contributed by atoms with van der Waals surface area (Å²) in [5, 5.41) is 12.4. The van der Waals surface area contributed by atoms with Crippen molar-refractivity contribution in [3.05, 3.63) is 35.9 Å². The molecule has 2 unspecified atom stereocenters. The minimum absolute atomic E-state index is 0.118. The van der Waals surface area contributed by atoms with Crippen LogP contribution in [0.25, 0.3) is 0 Å². The molecule has 1 aromatic carbocycles. The quantitative estimate of drug-likeness (QED) is 0.289. The molecular formula is C34H48O10. The highest BCUT2D eigenvalue weighted by Crippen LogP contribution is 2.69. The molecule has 1 aliphatic heterocycles. The Morgan fingerprint density at radius 2 is 1.52 bits per heavy atom. The van der Waals surface area contributed by atoms with Crippen LogP contribution in [0.1, 0.15) is 97.9 Å². The van der Waals surface area contributed by atoms with Gasteiger partial charge in [-0.1, -0.05) is 45.9 Å². The molecule has 9 atom stereocenters. The maximum absolute atomic E-state index is 13.7. The van der Waals surface area contributed by atoms with Crippen molar-refractivity contribution in [3.63, 3.8) is 0 Å². The van der Waals surface area contributed by atoms with Crippen molar-refractivity contribution >= 4 is 23.9 Å². The van der Waals surface area contributed by atoms with E-state index in [9.17, 15) is 24.3 Å².